The molecule has 0 bridgehead atoms. The minimum atomic E-state index is -0.0239. The van der Waals surface area contributed by atoms with Crippen molar-refractivity contribution < 1.29 is 9.59 Å². The van der Waals surface area contributed by atoms with E-state index in [2.05, 4.69) is 20.1 Å². The fraction of sp³-hybridized carbons (Fsp3) is 0.435. The molecule has 2 fully saturated rings. The number of benzene rings is 1. The average molecular weight is 408 g/mol. The van der Waals surface area contributed by atoms with E-state index in [1.807, 2.05) is 47.4 Å². The standard InChI is InChI=1S/C23H29N5O2/c29-22(25-17-19-6-2-1-3-7-19)18-26-12-14-28(15-13-26)23(30)21-16-20(8-9-24-21)27-10-4-5-11-27/h1-3,6-9,16H,4-5,10-15,17-18H2,(H,25,29). The molecule has 1 N–H and O–H groups in total. The Balaban J connectivity index is 1.24. The number of carbonyl (C=O) groups excluding carboxylic acids is 2. The van der Waals surface area contributed by atoms with Gasteiger partial charge in [-0.05, 0) is 30.5 Å². The zero-order chi connectivity index (χ0) is 20.8. The Morgan fingerprint density at radius 1 is 0.933 bits per heavy atom. The molecular formula is C23H29N5O2. The number of nitrogens with one attached hydrogen (secondary N) is 1. The Morgan fingerprint density at radius 3 is 2.40 bits per heavy atom. The molecule has 0 radical (unpaired) electrons. The molecule has 3 heterocycles. The number of carbonyl (C=O) groups is 2. The second-order valence-corrected chi connectivity index (χ2v) is 7.92. The van der Waals surface area contributed by atoms with Crippen LogP contribution >= 0.6 is 0 Å². The van der Waals surface area contributed by atoms with E-state index in [0.29, 0.717) is 45.0 Å². The van der Waals surface area contributed by atoms with Crippen molar-refractivity contribution in [3.63, 3.8) is 0 Å². The maximum atomic E-state index is 12.9. The van der Waals surface area contributed by atoms with Crippen molar-refractivity contribution in [2.75, 3.05) is 50.7 Å². The van der Waals surface area contributed by atoms with Crippen LogP contribution in [0.25, 0.3) is 0 Å². The molecule has 2 saturated heterocycles. The largest absolute Gasteiger partial charge is 0.371 e. The van der Waals surface area contributed by atoms with Crippen LogP contribution in [0.5, 0.6) is 0 Å². The minimum Gasteiger partial charge on any atom is -0.371 e. The maximum Gasteiger partial charge on any atom is 0.272 e. The van der Waals surface area contributed by atoms with Crippen LogP contribution in [-0.2, 0) is 11.3 Å². The number of pyridine rings is 1. The quantitative estimate of drug-likeness (QED) is 0.790. The summed E-state index contributed by atoms with van der Waals surface area (Å²) in [7, 11) is 0. The first-order chi connectivity index (χ1) is 14.7. The first-order valence-electron chi connectivity index (χ1n) is 10.7. The second kappa shape index (κ2) is 9.71. The summed E-state index contributed by atoms with van der Waals surface area (Å²) in [5, 5.41) is 2.96. The summed E-state index contributed by atoms with van der Waals surface area (Å²) in [6, 6.07) is 13.8. The summed E-state index contributed by atoms with van der Waals surface area (Å²) < 4.78 is 0. The van der Waals surface area contributed by atoms with Gasteiger partial charge in [0.05, 0.1) is 6.54 Å². The molecule has 2 aromatic rings. The van der Waals surface area contributed by atoms with Gasteiger partial charge < -0.3 is 15.1 Å². The molecule has 7 heteroatoms. The van der Waals surface area contributed by atoms with Crippen LogP contribution in [0, 0.1) is 0 Å². The molecule has 0 spiro atoms. The van der Waals surface area contributed by atoms with E-state index in [-0.39, 0.29) is 11.8 Å². The Kier molecular flexibility index (Phi) is 6.59. The molecule has 0 saturated carbocycles. The number of rotatable bonds is 6. The van der Waals surface area contributed by atoms with E-state index >= 15 is 0 Å². The van der Waals surface area contributed by atoms with Gasteiger partial charge in [-0.3, -0.25) is 19.5 Å². The molecule has 158 valence electrons. The molecule has 1 aromatic carbocycles. The van der Waals surface area contributed by atoms with Gasteiger partial charge in [-0.2, -0.15) is 0 Å². The Hall–Kier alpha value is -2.93. The van der Waals surface area contributed by atoms with Gasteiger partial charge in [0.1, 0.15) is 5.69 Å². The van der Waals surface area contributed by atoms with E-state index in [0.717, 1.165) is 24.3 Å². The molecule has 0 unspecified atom stereocenters. The lowest BCUT2D eigenvalue weighted by atomic mass is 10.2. The van der Waals surface area contributed by atoms with Crippen molar-refractivity contribution in [2.45, 2.75) is 19.4 Å². The number of hydrogen-bond acceptors (Lipinski definition) is 5. The summed E-state index contributed by atoms with van der Waals surface area (Å²) >= 11 is 0. The highest BCUT2D eigenvalue weighted by Crippen LogP contribution is 2.21. The van der Waals surface area contributed by atoms with Crippen LogP contribution in [-0.4, -0.2) is 72.4 Å². The van der Waals surface area contributed by atoms with Crippen LogP contribution in [0.3, 0.4) is 0 Å². The molecular weight excluding hydrogens is 378 g/mol. The normalized spacial score (nSPS) is 17.2. The minimum absolute atomic E-state index is 0.0126. The second-order valence-electron chi connectivity index (χ2n) is 7.92. The van der Waals surface area contributed by atoms with E-state index < -0.39 is 0 Å². The number of hydrogen-bond donors (Lipinski definition) is 1. The molecule has 30 heavy (non-hydrogen) atoms. The fourth-order valence-electron chi connectivity index (χ4n) is 4.03. The first kappa shape index (κ1) is 20.3. The van der Waals surface area contributed by atoms with Crippen molar-refractivity contribution >= 4 is 17.5 Å². The smallest absolute Gasteiger partial charge is 0.272 e. The van der Waals surface area contributed by atoms with Gasteiger partial charge in [0.25, 0.3) is 5.91 Å². The van der Waals surface area contributed by atoms with Gasteiger partial charge in [-0.15, -0.1) is 0 Å². The van der Waals surface area contributed by atoms with Crippen molar-refractivity contribution in [3.8, 4) is 0 Å². The van der Waals surface area contributed by atoms with Crippen molar-refractivity contribution in [1.29, 1.82) is 0 Å². The van der Waals surface area contributed by atoms with Gasteiger partial charge in [0.2, 0.25) is 5.91 Å². The van der Waals surface area contributed by atoms with E-state index in [1.165, 1.54) is 12.8 Å². The summed E-state index contributed by atoms with van der Waals surface area (Å²) in [6.45, 7) is 5.59. The van der Waals surface area contributed by atoms with E-state index in [1.54, 1.807) is 6.20 Å². The Bertz CT molecular complexity index is 859. The monoisotopic (exact) mass is 407 g/mol. The van der Waals surface area contributed by atoms with Gasteiger partial charge in [0, 0.05) is 57.7 Å². The zero-order valence-corrected chi connectivity index (χ0v) is 17.3. The fourth-order valence-corrected chi connectivity index (χ4v) is 4.03. The summed E-state index contributed by atoms with van der Waals surface area (Å²) in [6.07, 6.45) is 4.13. The van der Waals surface area contributed by atoms with Crippen molar-refractivity contribution in [2.24, 2.45) is 0 Å². The number of nitrogens with zero attached hydrogens (tertiary/aromatic N) is 4. The molecule has 2 aliphatic rings. The third kappa shape index (κ3) is 5.16. The lowest BCUT2D eigenvalue weighted by Gasteiger charge is -2.34. The predicted molar refractivity (Wildman–Crippen MR) is 116 cm³/mol. The third-order valence-electron chi connectivity index (χ3n) is 5.79. The lowest BCUT2D eigenvalue weighted by molar-refractivity contribution is -0.122. The van der Waals surface area contributed by atoms with Gasteiger partial charge in [-0.25, -0.2) is 0 Å². The zero-order valence-electron chi connectivity index (χ0n) is 17.3. The van der Waals surface area contributed by atoms with Crippen molar-refractivity contribution in [3.05, 3.63) is 59.9 Å². The number of piperazine rings is 1. The van der Waals surface area contributed by atoms with Crippen LogP contribution in [0.4, 0.5) is 5.69 Å². The maximum absolute atomic E-state index is 12.9. The van der Waals surface area contributed by atoms with Crippen LogP contribution in [0.2, 0.25) is 0 Å². The highest BCUT2D eigenvalue weighted by molar-refractivity contribution is 5.93. The topological polar surface area (TPSA) is 68.8 Å². The molecule has 2 aliphatic heterocycles. The molecule has 1 aromatic heterocycles. The average Bonchev–Trinajstić information content (AvgIpc) is 3.34. The third-order valence-corrected chi connectivity index (χ3v) is 5.79. The van der Waals surface area contributed by atoms with Crippen LogP contribution < -0.4 is 10.2 Å². The molecule has 0 aliphatic carbocycles. The Labute approximate surface area is 177 Å². The predicted octanol–water partition coefficient (Wildman–Crippen LogP) is 1.76. The van der Waals surface area contributed by atoms with E-state index in [9.17, 15) is 9.59 Å². The summed E-state index contributed by atoms with van der Waals surface area (Å²) in [5.41, 5.74) is 2.68. The Morgan fingerprint density at radius 2 is 1.67 bits per heavy atom. The number of amides is 2. The molecule has 0 atom stereocenters. The molecule has 4 rings (SSSR count). The van der Waals surface area contributed by atoms with E-state index in [4.69, 9.17) is 0 Å². The highest BCUT2D eigenvalue weighted by atomic mass is 16.2. The number of anilines is 1. The first-order valence-corrected chi connectivity index (χ1v) is 10.7. The van der Waals surface area contributed by atoms with Crippen LogP contribution in [0.1, 0.15) is 28.9 Å². The lowest BCUT2D eigenvalue weighted by Crippen LogP contribution is -2.51. The summed E-state index contributed by atoms with van der Waals surface area (Å²) in [5.74, 6) is -0.0113. The van der Waals surface area contributed by atoms with Crippen molar-refractivity contribution in [1.82, 2.24) is 20.1 Å². The van der Waals surface area contributed by atoms with Gasteiger partial charge >= 0.3 is 0 Å². The molecule has 2 amide bonds. The number of aromatic nitrogens is 1. The molecule has 7 nitrogen and oxygen atoms in total. The summed E-state index contributed by atoms with van der Waals surface area (Å²) in [4.78, 5) is 35.7. The highest BCUT2D eigenvalue weighted by Gasteiger charge is 2.24. The SMILES string of the molecule is O=C(CN1CCN(C(=O)c2cc(N3CCCC3)ccn2)CC1)NCc1ccccc1. The van der Waals surface area contributed by atoms with Gasteiger partial charge in [-0.1, -0.05) is 30.3 Å². The van der Waals surface area contributed by atoms with Crippen LogP contribution in [0.15, 0.2) is 48.7 Å². The van der Waals surface area contributed by atoms with Gasteiger partial charge in [0.15, 0.2) is 0 Å².